The molecule has 26 heavy (non-hydrogen) atoms. The Balaban J connectivity index is 1.51. The fourth-order valence-electron chi connectivity index (χ4n) is 2.76. The highest BCUT2D eigenvalue weighted by molar-refractivity contribution is 7.15. The monoisotopic (exact) mass is 402 g/mol. The molecule has 0 fully saturated rings. The van der Waals surface area contributed by atoms with E-state index < -0.39 is 0 Å². The molecule has 4 aromatic heterocycles. The summed E-state index contributed by atoms with van der Waals surface area (Å²) in [5.74, 6) is -0.0264. The first kappa shape index (κ1) is 17.4. The number of rotatable bonds is 6. The quantitative estimate of drug-likeness (QED) is 0.526. The van der Waals surface area contributed by atoms with Crippen LogP contribution in [0.25, 0.3) is 4.96 Å². The van der Waals surface area contributed by atoms with Crippen molar-refractivity contribution in [2.24, 2.45) is 0 Å². The van der Waals surface area contributed by atoms with Gasteiger partial charge in [-0.2, -0.15) is 11.3 Å². The molecular weight excluding hydrogens is 384 g/mol. The standard InChI is InChI=1S/C18H18N4OS3/c1-11-12(2)26-17(19-11)15(7-13-3-5-24-10-13)21-16(23)8-14-9-22-4-6-25-18(22)20-14/h3-6,9-10,15H,7-8H2,1-2H3,(H,21,23). The molecule has 8 heteroatoms. The SMILES string of the molecule is Cc1nc(C(Cc2ccsc2)NC(=O)Cc2cn3ccsc3n2)sc1C. The number of aryl methyl sites for hydroxylation is 2. The number of imidazole rings is 1. The molecule has 4 aromatic rings. The maximum absolute atomic E-state index is 12.6. The first-order chi connectivity index (χ1) is 12.6. The summed E-state index contributed by atoms with van der Waals surface area (Å²) in [6, 6.07) is 1.99. The number of fused-ring (bicyclic) bond motifs is 1. The molecule has 1 N–H and O–H groups in total. The molecule has 4 rings (SSSR count). The van der Waals surface area contributed by atoms with Crippen LogP contribution in [0.3, 0.4) is 0 Å². The number of carbonyl (C=O) groups is 1. The van der Waals surface area contributed by atoms with E-state index in [0.717, 1.165) is 27.8 Å². The molecule has 1 unspecified atom stereocenters. The van der Waals surface area contributed by atoms with E-state index in [2.05, 4.69) is 39.0 Å². The van der Waals surface area contributed by atoms with Crippen LogP contribution in [0.4, 0.5) is 0 Å². The highest BCUT2D eigenvalue weighted by atomic mass is 32.1. The predicted molar refractivity (Wildman–Crippen MR) is 107 cm³/mol. The zero-order valence-corrected chi connectivity index (χ0v) is 16.9. The first-order valence-corrected chi connectivity index (χ1v) is 10.9. The summed E-state index contributed by atoms with van der Waals surface area (Å²) in [5.41, 5.74) is 3.03. The average Bonchev–Trinajstić information content (AvgIpc) is 3.33. The number of aromatic nitrogens is 3. The molecule has 0 bridgehead atoms. The van der Waals surface area contributed by atoms with E-state index in [1.165, 1.54) is 10.4 Å². The van der Waals surface area contributed by atoms with Crippen LogP contribution in [-0.2, 0) is 17.6 Å². The van der Waals surface area contributed by atoms with E-state index in [1.807, 2.05) is 29.1 Å². The van der Waals surface area contributed by atoms with Crippen molar-refractivity contribution in [2.45, 2.75) is 32.7 Å². The normalized spacial score (nSPS) is 12.5. The van der Waals surface area contributed by atoms with E-state index in [-0.39, 0.29) is 18.4 Å². The second-order valence-electron chi connectivity index (χ2n) is 6.15. The first-order valence-electron chi connectivity index (χ1n) is 8.24. The summed E-state index contributed by atoms with van der Waals surface area (Å²) < 4.78 is 1.95. The predicted octanol–water partition coefficient (Wildman–Crippen LogP) is 4.17. The zero-order chi connectivity index (χ0) is 18.1. The molecule has 0 spiro atoms. The van der Waals surface area contributed by atoms with Gasteiger partial charge in [-0.3, -0.25) is 9.20 Å². The summed E-state index contributed by atoms with van der Waals surface area (Å²) in [7, 11) is 0. The van der Waals surface area contributed by atoms with Crippen molar-refractivity contribution in [2.75, 3.05) is 0 Å². The van der Waals surface area contributed by atoms with Gasteiger partial charge in [-0.05, 0) is 36.2 Å². The Morgan fingerprint density at radius 1 is 1.31 bits per heavy atom. The number of thiophene rings is 1. The molecule has 0 aliphatic carbocycles. The van der Waals surface area contributed by atoms with Crippen LogP contribution < -0.4 is 5.32 Å². The van der Waals surface area contributed by atoms with Gasteiger partial charge in [0.05, 0.1) is 23.9 Å². The van der Waals surface area contributed by atoms with Gasteiger partial charge in [0.1, 0.15) is 5.01 Å². The number of hydrogen-bond donors (Lipinski definition) is 1. The lowest BCUT2D eigenvalue weighted by molar-refractivity contribution is -0.121. The minimum Gasteiger partial charge on any atom is -0.346 e. The van der Waals surface area contributed by atoms with Crippen LogP contribution in [0, 0.1) is 13.8 Å². The molecule has 1 amide bonds. The Bertz CT molecular complexity index is 980. The van der Waals surface area contributed by atoms with Crippen molar-refractivity contribution in [1.82, 2.24) is 19.7 Å². The Hall–Kier alpha value is -2.03. The molecule has 0 radical (unpaired) electrons. The molecule has 134 valence electrons. The Morgan fingerprint density at radius 3 is 2.88 bits per heavy atom. The van der Waals surface area contributed by atoms with Gasteiger partial charge in [-0.25, -0.2) is 9.97 Å². The van der Waals surface area contributed by atoms with E-state index in [4.69, 9.17) is 0 Å². The van der Waals surface area contributed by atoms with E-state index >= 15 is 0 Å². The highest BCUT2D eigenvalue weighted by Gasteiger charge is 2.20. The van der Waals surface area contributed by atoms with Crippen LogP contribution in [-0.4, -0.2) is 20.3 Å². The lowest BCUT2D eigenvalue weighted by atomic mass is 10.1. The Morgan fingerprint density at radius 2 is 2.19 bits per heavy atom. The third-order valence-electron chi connectivity index (χ3n) is 4.18. The van der Waals surface area contributed by atoms with E-state index in [9.17, 15) is 4.79 Å². The smallest absolute Gasteiger partial charge is 0.226 e. The van der Waals surface area contributed by atoms with Gasteiger partial charge >= 0.3 is 0 Å². The summed E-state index contributed by atoms with van der Waals surface area (Å²) in [6.45, 7) is 4.08. The largest absolute Gasteiger partial charge is 0.346 e. The second-order valence-corrected chi connectivity index (χ2v) is 9.04. The van der Waals surface area contributed by atoms with E-state index in [0.29, 0.717) is 0 Å². The van der Waals surface area contributed by atoms with Crippen molar-refractivity contribution in [3.63, 3.8) is 0 Å². The van der Waals surface area contributed by atoms with E-state index in [1.54, 1.807) is 34.0 Å². The molecule has 0 aromatic carbocycles. The van der Waals surface area contributed by atoms with Crippen molar-refractivity contribution < 1.29 is 4.79 Å². The van der Waals surface area contributed by atoms with Gasteiger partial charge in [-0.1, -0.05) is 0 Å². The lowest BCUT2D eigenvalue weighted by Gasteiger charge is -2.16. The molecule has 0 saturated carbocycles. The fraction of sp³-hybridized carbons (Fsp3) is 0.278. The van der Waals surface area contributed by atoms with Crippen LogP contribution in [0.2, 0.25) is 0 Å². The summed E-state index contributed by atoms with van der Waals surface area (Å²) >= 11 is 4.89. The Kier molecular flexibility index (Phi) is 4.88. The number of thiazole rings is 2. The average molecular weight is 403 g/mol. The second kappa shape index (κ2) is 7.30. The van der Waals surface area contributed by atoms with Crippen LogP contribution in [0.1, 0.15) is 32.9 Å². The lowest BCUT2D eigenvalue weighted by Crippen LogP contribution is -2.31. The summed E-state index contributed by atoms with van der Waals surface area (Å²) in [4.78, 5) is 23.9. The fourth-order valence-corrected chi connectivity index (χ4v) is 5.14. The van der Waals surface area contributed by atoms with Crippen molar-refractivity contribution in [3.05, 3.63) is 61.4 Å². The minimum atomic E-state index is -0.113. The minimum absolute atomic E-state index is 0.0264. The number of nitrogens with zero attached hydrogens (tertiary/aromatic N) is 3. The van der Waals surface area contributed by atoms with Crippen molar-refractivity contribution in [3.8, 4) is 0 Å². The van der Waals surface area contributed by atoms with Crippen molar-refractivity contribution >= 4 is 44.9 Å². The molecule has 1 atom stereocenters. The van der Waals surface area contributed by atoms with Gasteiger partial charge in [0.2, 0.25) is 5.91 Å². The third-order valence-corrected chi connectivity index (χ3v) is 6.87. The van der Waals surface area contributed by atoms with Crippen LogP contribution >= 0.6 is 34.0 Å². The number of nitrogens with one attached hydrogen (secondary N) is 1. The highest BCUT2D eigenvalue weighted by Crippen LogP contribution is 2.26. The van der Waals surface area contributed by atoms with Gasteiger partial charge < -0.3 is 5.32 Å². The van der Waals surface area contributed by atoms with Gasteiger partial charge in [0, 0.05) is 29.1 Å². The molecular formula is C18H18N4OS3. The Labute approximate surface area is 163 Å². The van der Waals surface area contributed by atoms with Crippen LogP contribution in [0.15, 0.2) is 34.6 Å². The molecule has 0 aliphatic rings. The topological polar surface area (TPSA) is 59.3 Å². The molecule has 4 heterocycles. The summed E-state index contributed by atoms with van der Waals surface area (Å²) in [6.07, 6.45) is 4.89. The van der Waals surface area contributed by atoms with Gasteiger partial charge in [0.25, 0.3) is 0 Å². The zero-order valence-electron chi connectivity index (χ0n) is 14.4. The molecule has 5 nitrogen and oxygen atoms in total. The molecule has 0 aliphatic heterocycles. The number of carbonyl (C=O) groups excluding carboxylic acids is 1. The number of amides is 1. The molecule has 0 saturated heterocycles. The van der Waals surface area contributed by atoms with Gasteiger partial charge in [0.15, 0.2) is 4.96 Å². The van der Waals surface area contributed by atoms with Crippen LogP contribution in [0.5, 0.6) is 0 Å². The maximum Gasteiger partial charge on any atom is 0.226 e. The third kappa shape index (κ3) is 3.72. The number of hydrogen-bond acceptors (Lipinski definition) is 6. The maximum atomic E-state index is 12.6. The van der Waals surface area contributed by atoms with Gasteiger partial charge in [-0.15, -0.1) is 22.7 Å². The summed E-state index contributed by atoms with van der Waals surface area (Å²) in [5, 5.41) is 10.3. The van der Waals surface area contributed by atoms with Crippen molar-refractivity contribution in [1.29, 1.82) is 0 Å².